The Hall–Kier alpha value is -3.61. The van der Waals surface area contributed by atoms with Crippen molar-refractivity contribution in [2.75, 3.05) is 17.8 Å². The van der Waals surface area contributed by atoms with Crippen LogP contribution in [-0.2, 0) is 16.9 Å². The number of carbonyl (C=O) groups excluding carboxylic acids is 1. The first kappa shape index (κ1) is 22.6. The number of pyridine rings is 2. The lowest BCUT2D eigenvalue weighted by atomic mass is 10.2. The van der Waals surface area contributed by atoms with E-state index in [9.17, 15) is 22.4 Å². The maximum atomic E-state index is 14.0. The van der Waals surface area contributed by atoms with Crippen molar-refractivity contribution in [3.8, 4) is 5.82 Å². The maximum absolute atomic E-state index is 14.0. The molecular formula is C20H17F4N7OS. The van der Waals surface area contributed by atoms with Gasteiger partial charge >= 0.3 is 6.18 Å². The molecule has 0 fully saturated rings. The molecule has 0 aliphatic rings. The number of nitrogens with zero attached hydrogens (tertiary/aromatic N) is 6. The third-order valence-electron chi connectivity index (χ3n) is 4.56. The van der Waals surface area contributed by atoms with Gasteiger partial charge in [-0.1, -0.05) is 10.7 Å². The van der Waals surface area contributed by atoms with Crippen LogP contribution in [0, 0.1) is 12.7 Å². The number of aryl methyl sites for hydroxylation is 1. The molecule has 4 aromatic rings. The zero-order valence-electron chi connectivity index (χ0n) is 17.6. The minimum Gasteiger partial charge on any atom is -0.320 e. The fourth-order valence-corrected chi connectivity index (χ4v) is 3.74. The number of halogens is 4. The minimum atomic E-state index is -4.93. The number of amides is 1. The number of rotatable bonds is 4. The van der Waals surface area contributed by atoms with Crippen molar-refractivity contribution in [2.45, 2.75) is 13.1 Å². The topological polar surface area (TPSA) is 89.5 Å². The average Bonchev–Trinajstić information content (AvgIpc) is 3.38. The highest BCUT2D eigenvalue weighted by molar-refractivity contribution is 7.85. The summed E-state index contributed by atoms with van der Waals surface area (Å²) < 4.78 is 62.0. The number of nitrogens with one attached hydrogen (secondary N) is 1. The summed E-state index contributed by atoms with van der Waals surface area (Å²) in [6.07, 6.45) is 3.57. The molecule has 1 amide bonds. The number of anilines is 1. The normalized spacial score (nSPS) is 11.9. The van der Waals surface area contributed by atoms with Gasteiger partial charge in [0, 0.05) is 12.4 Å². The Kier molecular flexibility index (Phi) is 5.74. The van der Waals surface area contributed by atoms with Crippen molar-refractivity contribution in [1.29, 1.82) is 0 Å². The van der Waals surface area contributed by atoms with Gasteiger partial charge in [-0.3, -0.25) is 9.20 Å². The molecule has 0 radical (unpaired) electrons. The zero-order chi connectivity index (χ0) is 23.9. The standard InChI is InChI=1S/C20H17F4N7OS/c1-11-8-12(9-26-17(11)29-33(2)3)28-19(32)13-10-27-31(16(13)20(22,23)24)15-5-4-14(21)18-25-6-7-30(15)18/h4-10H,1-3H3,(H,28,32). The van der Waals surface area contributed by atoms with Crippen LogP contribution in [0.1, 0.15) is 21.6 Å². The van der Waals surface area contributed by atoms with Gasteiger partial charge in [0.2, 0.25) is 0 Å². The predicted molar refractivity (Wildman–Crippen MR) is 116 cm³/mol. The lowest BCUT2D eigenvalue weighted by Gasteiger charge is -2.14. The first-order valence-corrected chi connectivity index (χ1v) is 11.4. The molecule has 0 saturated heterocycles. The van der Waals surface area contributed by atoms with Crippen LogP contribution in [0.25, 0.3) is 11.5 Å². The number of fused-ring (bicyclic) bond motifs is 1. The summed E-state index contributed by atoms with van der Waals surface area (Å²) in [4.78, 5) is 20.7. The molecule has 4 aromatic heterocycles. The first-order chi connectivity index (χ1) is 15.6. The highest BCUT2D eigenvalue weighted by Gasteiger charge is 2.41. The second-order valence-electron chi connectivity index (χ2n) is 7.16. The summed E-state index contributed by atoms with van der Waals surface area (Å²) in [6.45, 7) is 1.73. The molecule has 0 spiro atoms. The van der Waals surface area contributed by atoms with Crippen LogP contribution < -0.4 is 5.32 Å². The van der Waals surface area contributed by atoms with Crippen molar-refractivity contribution in [2.24, 2.45) is 4.36 Å². The summed E-state index contributed by atoms with van der Waals surface area (Å²) in [5.41, 5.74) is -1.30. The van der Waals surface area contributed by atoms with Crippen LogP contribution in [0.5, 0.6) is 0 Å². The molecule has 0 saturated carbocycles. The molecule has 0 aliphatic heterocycles. The van der Waals surface area contributed by atoms with Crippen LogP contribution in [0.2, 0.25) is 0 Å². The number of alkyl halides is 3. The molecule has 172 valence electrons. The van der Waals surface area contributed by atoms with Crippen molar-refractivity contribution in [3.63, 3.8) is 0 Å². The van der Waals surface area contributed by atoms with E-state index < -0.39 is 29.2 Å². The smallest absolute Gasteiger partial charge is 0.320 e. The quantitative estimate of drug-likeness (QED) is 0.442. The largest absolute Gasteiger partial charge is 0.434 e. The van der Waals surface area contributed by atoms with Crippen molar-refractivity contribution < 1.29 is 22.4 Å². The second-order valence-corrected chi connectivity index (χ2v) is 8.89. The van der Waals surface area contributed by atoms with E-state index in [0.717, 1.165) is 22.7 Å². The molecule has 0 bridgehead atoms. The molecular weight excluding hydrogens is 462 g/mol. The van der Waals surface area contributed by atoms with E-state index in [1.807, 2.05) is 12.5 Å². The molecule has 0 aliphatic carbocycles. The third-order valence-corrected chi connectivity index (χ3v) is 5.09. The van der Waals surface area contributed by atoms with Gasteiger partial charge in [-0.15, -0.1) is 0 Å². The predicted octanol–water partition coefficient (Wildman–Crippen LogP) is 4.33. The van der Waals surface area contributed by atoms with E-state index in [1.165, 1.54) is 18.6 Å². The fourth-order valence-electron chi connectivity index (χ4n) is 3.20. The number of imidazole rings is 1. The molecule has 4 heterocycles. The average molecular weight is 479 g/mol. The summed E-state index contributed by atoms with van der Waals surface area (Å²) in [7, 11) is -0.252. The van der Waals surface area contributed by atoms with E-state index in [4.69, 9.17) is 0 Å². The third kappa shape index (κ3) is 4.35. The number of aromatic nitrogens is 5. The molecule has 0 atom stereocenters. The Labute approximate surface area is 187 Å². The van der Waals surface area contributed by atoms with E-state index in [1.54, 1.807) is 13.0 Å². The molecule has 1 N–H and O–H groups in total. The Balaban J connectivity index is 1.75. The minimum absolute atomic E-state index is 0.131. The van der Waals surface area contributed by atoms with E-state index in [0.29, 0.717) is 16.1 Å². The van der Waals surface area contributed by atoms with Crippen LogP contribution in [0.15, 0.2) is 47.3 Å². The summed E-state index contributed by atoms with van der Waals surface area (Å²) in [5, 5.41) is 6.20. The van der Waals surface area contributed by atoms with E-state index in [-0.39, 0.29) is 27.8 Å². The Morgan fingerprint density at radius 3 is 2.61 bits per heavy atom. The molecule has 4 rings (SSSR count). The van der Waals surface area contributed by atoms with Gasteiger partial charge < -0.3 is 5.32 Å². The van der Waals surface area contributed by atoms with Crippen LogP contribution >= 0.6 is 0 Å². The Bertz CT molecular complexity index is 1400. The number of hydrogen-bond acceptors (Lipinski definition) is 5. The summed E-state index contributed by atoms with van der Waals surface area (Å²) >= 11 is 0. The SMILES string of the molecule is Cc1cc(NC(=O)c2cnn(-c3ccc(F)c4nccn34)c2C(F)(F)F)cnc1N=S(C)C. The van der Waals surface area contributed by atoms with E-state index in [2.05, 4.69) is 24.7 Å². The molecule has 0 aromatic carbocycles. The molecule has 33 heavy (non-hydrogen) atoms. The Morgan fingerprint density at radius 1 is 1.18 bits per heavy atom. The van der Waals surface area contributed by atoms with E-state index >= 15 is 0 Å². The second kappa shape index (κ2) is 8.39. The Morgan fingerprint density at radius 2 is 1.94 bits per heavy atom. The number of carbonyl (C=O) groups is 1. The van der Waals surface area contributed by atoms with Gasteiger partial charge in [-0.25, -0.2) is 23.4 Å². The lowest BCUT2D eigenvalue weighted by Crippen LogP contribution is -2.21. The van der Waals surface area contributed by atoms with Gasteiger partial charge in [0.25, 0.3) is 5.91 Å². The summed E-state index contributed by atoms with van der Waals surface area (Å²) in [5.74, 6) is -1.37. The zero-order valence-corrected chi connectivity index (χ0v) is 18.4. The highest BCUT2D eigenvalue weighted by Crippen LogP contribution is 2.34. The van der Waals surface area contributed by atoms with Crippen LogP contribution in [-0.4, -0.2) is 42.6 Å². The van der Waals surface area contributed by atoms with Crippen LogP contribution in [0.3, 0.4) is 0 Å². The highest BCUT2D eigenvalue weighted by atomic mass is 32.2. The number of hydrogen-bond donors (Lipinski definition) is 1. The monoisotopic (exact) mass is 479 g/mol. The van der Waals surface area contributed by atoms with Gasteiger partial charge in [0.05, 0.1) is 23.6 Å². The maximum Gasteiger partial charge on any atom is 0.434 e. The van der Waals surface area contributed by atoms with Crippen molar-refractivity contribution in [3.05, 3.63) is 65.6 Å². The molecule has 0 unspecified atom stereocenters. The fraction of sp³-hybridized carbons (Fsp3) is 0.200. The van der Waals surface area contributed by atoms with Crippen LogP contribution in [0.4, 0.5) is 29.1 Å². The lowest BCUT2D eigenvalue weighted by molar-refractivity contribution is -0.143. The molecule has 8 nitrogen and oxygen atoms in total. The van der Waals surface area contributed by atoms with Gasteiger partial charge in [-0.05, 0) is 43.2 Å². The van der Waals surface area contributed by atoms with Crippen molar-refractivity contribution >= 4 is 33.8 Å². The molecule has 13 heteroatoms. The first-order valence-electron chi connectivity index (χ1n) is 9.41. The van der Waals surface area contributed by atoms with Gasteiger partial charge in [-0.2, -0.15) is 18.3 Å². The van der Waals surface area contributed by atoms with Gasteiger partial charge in [0.1, 0.15) is 5.82 Å². The van der Waals surface area contributed by atoms with Crippen molar-refractivity contribution in [1.82, 2.24) is 24.1 Å². The van der Waals surface area contributed by atoms with Gasteiger partial charge in [0.15, 0.2) is 23.0 Å². The summed E-state index contributed by atoms with van der Waals surface area (Å²) in [6, 6.07) is 3.68.